The van der Waals surface area contributed by atoms with Gasteiger partial charge in [-0.15, -0.1) is 0 Å². The molecular formula is C38H24O. The topological polar surface area (TPSA) is 13.1 Å². The van der Waals surface area contributed by atoms with E-state index in [-0.39, 0.29) is 50.7 Å². The van der Waals surface area contributed by atoms with Gasteiger partial charge in [0.2, 0.25) is 0 Å². The Kier molecular flexibility index (Phi) is 3.04. The van der Waals surface area contributed by atoms with Crippen molar-refractivity contribution < 1.29 is 19.5 Å². The normalized spacial score (nSPS) is 15.5. The van der Waals surface area contributed by atoms with Crippen molar-refractivity contribution in [1.82, 2.24) is 0 Å². The highest BCUT2D eigenvalue weighted by atomic mass is 16.3. The van der Waals surface area contributed by atoms with Gasteiger partial charge in [0.25, 0.3) is 0 Å². The fraction of sp³-hybridized carbons (Fsp3) is 0. The van der Waals surface area contributed by atoms with Crippen LogP contribution in [0.3, 0.4) is 0 Å². The number of fused-ring (bicyclic) bond motifs is 5. The molecule has 8 aromatic rings. The van der Waals surface area contributed by atoms with E-state index in [2.05, 4.69) is 0 Å². The minimum absolute atomic E-state index is 0.0555. The summed E-state index contributed by atoms with van der Waals surface area (Å²) < 4.78 is 102. The minimum Gasteiger partial charge on any atom is -0.456 e. The molecule has 0 radical (unpaired) electrons. The molecule has 39 heavy (non-hydrogen) atoms. The molecule has 8 rings (SSSR count). The highest BCUT2D eigenvalue weighted by molar-refractivity contribution is 6.22. The van der Waals surface area contributed by atoms with Crippen molar-refractivity contribution in [1.29, 1.82) is 0 Å². The minimum atomic E-state index is -0.652. The van der Waals surface area contributed by atoms with E-state index >= 15 is 0 Å². The maximum Gasteiger partial charge on any atom is 0.136 e. The van der Waals surface area contributed by atoms with Crippen molar-refractivity contribution >= 4 is 43.5 Å². The van der Waals surface area contributed by atoms with Gasteiger partial charge in [-0.1, -0.05) is 127 Å². The van der Waals surface area contributed by atoms with E-state index in [0.717, 1.165) is 32.7 Å². The lowest BCUT2D eigenvalue weighted by atomic mass is 9.85. The highest BCUT2D eigenvalue weighted by Crippen LogP contribution is 2.45. The smallest absolute Gasteiger partial charge is 0.136 e. The molecule has 1 aromatic heterocycles. The average Bonchev–Trinajstić information content (AvgIpc) is 3.54. The summed E-state index contributed by atoms with van der Waals surface area (Å²) >= 11 is 0. The molecule has 0 saturated carbocycles. The summed E-state index contributed by atoms with van der Waals surface area (Å²) in [5, 5.41) is 3.00. The Hall–Kier alpha value is -5.14. The van der Waals surface area contributed by atoms with E-state index in [1.165, 1.54) is 0 Å². The fourth-order valence-corrected chi connectivity index (χ4v) is 5.45. The van der Waals surface area contributed by atoms with Crippen LogP contribution in [-0.4, -0.2) is 0 Å². The number of hydrogen-bond acceptors (Lipinski definition) is 1. The molecule has 0 saturated heterocycles. The van der Waals surface area contributed by atoms with E-state index in [1.807, 2.05) is 78.9 Å². The molecular weight excluding hydrogens is 472 g/mol. The summed E-state index contributed by atoms with van der Waals surface area (Å²) in [7, 11) is 0. The van der Waals surface area contributed by atoms with Crippen molar-refractivity contribution in [2.24, 2.45) is 0 Å². The number of rotatable bonds is 3. The lowest BCUT2D eigenvalue weighted by Crippen LogP contribution is -1.90. The Morgan fingerprint density at radius 3 is 1.72 bits per heavy atom. The predicted molar refractivity (Wildman–Crippen MR) is 165 cm³/mol. The molecule has 0 aliphatic carbocycles. The number of hydrogen-bond donors (Lipinski definition) is 0. The largest absolute Gasteiger partial charge is 0.456 e. The molecule has 0 aliphatic rings. The molecule has 1 nitrogen and oxygen atoms in total. The zero-order valence-corrected chi connectivity index (χ0v) is 20.4. The molecule has 1 heterocycles. The van der Waals surface area contributed by atoms with Gasteiger partial charge in [-0.05, 0) is 73.1 Å². The van der Waals surface area contributed by atoms with Crippen molar-refractivity contribution in [3.8, 4) is 33.4 Å². The van der Waals surface area contributed by atoms with E-state index in [1.54, 1.807) is 0 Å². The standard InChI is InChI=1S/C38H24O/c1-3-12-25(13-4-1)28-20-11-21-35-38(28)33-24-27(22-23-34(33)39-35)37-31-18-9-7-16-29(31)36(26-14-5-2-6-15-26)30-17-8-10-19-32(30)37/h1-24H/i1D,3D,4D,11D,12D,13D,20D,21D,22D,23D,24D. The molecule has 0 N–H and O–H groups in total. The third-order valence-electron chi connectivity index (χ3n) is 7.07. The molecule has 0 atom stereocenters. The first-order valence-electron chi connectivity index (χ1n) is 18.0. The van der Waals surface area contributed by atoms with Crippen LogP contribution in [0.25, 0.3) is 76.9 Å². The van der Waals surface area contributed by atoms with Crippen LogP contribution in [0.1, 0.15) is 15.1 Å². The first kappa shape index (κ1) is 13.6. The van der Waals surface area contributed by atoms with E-state index in [0.29, 0.717) is 5.56 Å². The second kappa shape index (κ2) is 8.72. The van der Waals surface area contributed by atoms with Gasteiger partial charge in [0.05, 0.1) is 15.1 Å². The summed E-state index contributed by atoms with van der Waals surface area (Å²) in [6.45, 7) is 0. The Labute approximate surface area is 242 Å². The maximum absolute atomic E-state index is 9.73. The molecule has 1 heteroatoms. The molecule has 0 aliphatic heterocycles. The van der Waals surface area contributed by atoms with Crippen LogP contribution in [0.4, 0.5) is 0 Å². The van der Waals surface area contributed by atoms with Gasteiger partial charge in [0.1, 0.15) is 11.2 Å². The van der Waals surface area contributed by atoms with Gasteiger partial charge in [-0.3, -0.25) is 0 Å². The van der Waals surface area contributed by atoms with Crippen LogP contribution in [0.5, 0.6) is 0 Å². The quantitative estimate of drug-likeness (QED) is 0.217. The van der Waals surface area contributed by atoms with Crippen LogP contribution in [-0.2, 0) is 0 Å². The van der Waals surface area contributed by atoms with Crippen LogP contribution < -0.4 is 0 Å². The molecule has 7 aromatic carbocycles. The number of benzene rings is 7. The third kappa shape index (κ3) is 3.41. The molecule has 0 spiro atoms. The Morgan fingerprint density at radius 2 is 1.05 bits per heavy atom. The average molecular weight is 508 g/mol. The SMILES string of the molecule is [2H]c1c([2H])c([2H])c(-c2c([2H])c([2H])c([2H])c3oc4c([2H])c([2H])c(-c5c6ccccc6c(-c6ccccc6)c6ccccc56)c([2H])c4c23)c([2H])c1[2H]. The lowest BCUT2D eigenvalue weighted by Gasteiger charge is -2.17. The zero-order valence-electron chi connectivity index (χ0n) is 31.4. The summed E-state index contributed by atoms with van der Waals surface area (Å²) in [4.78, 5) is 0. The van der Waals surface area contributed by atoms with Crippen molar-refractivity contribution in [3.05, 3.63) is 145 Å². The molecule has 0 fully saturated rings. The van der Waals surface area contributed by atoms with Gasteiger partial charge in [0, 0.05) is 10.8 Å². The lowest BCUT2D eigenvalue weighted by molar-refractivity contribution is 0.669. The second-order valence-electron chi connectivity index (χ2n) is 9.22. The maximum atomic E-state index is 9.73. The van der Waals surface area contributed by atoms with Gasteiger partial charge >= 0.3 is 0 Å². The van der Waals surface area contributed by atoms with Gasteiger partial charge in [0.15, 0.2) is 0 Å². The van der Waals surface area contributed by atoms with Crippen molar-refractivity contribution in [3.63, 3.8) is 0 Å². The summed E-state index contributed by atoms with van der Waals surface area (Å²) in [6, 6.07) is 19.3. The third-order valence-corrected chi connectivity index (χ3v) is 7.07. The zero-order chi connectivity index (χ0) is 35.3. The first-order valence-corrected chi connectivity index (χ1v) is 12.5. The molecule has 182 valence electrons. The molecule has 0 bridgehead atoms. The van der Waals surface area contributed by atoms with E-state index in [4.69, 9.17) is 16.8 Å². The van der Waals surface area contributed by atoms with Crippen LogP contribution in [0, 0.1) is 0 Å². The second-order valence-corrected chi connectivity index (χ2v) is 9.22. The van der Waals surface area contributed by atoms with Crippen molar-refractivity contribution in [2.75, 3.05) is 0 Å². The van der Waals surface area contributed by atoms with Crippen LogP contribution >= 0.6 is 0 Å². The first-order chi connectivity index (χ1) is 24.0. The van der Waals surface area contributed by atoms with E-state index in [9.17, 15) is 2.74 Å². The summed E-state index contributed by atoms with van der Waals surface area (Å²) in [5.41, 5.74) is 1.38. The highest BCUT2D eigenvalue weighted by Gasteiger charge is 2.18. The van der Waals surface area contributed by atoms with Gasteiger partial charge in [-0.25, -0.2) is 0 Å². The predicted octanol–water partition coefficient (Wildman–Crippen LogP) is 10.9. The Bertz CT molecular complexity index is 2680. The summed E-state index contributed by atoms with van der Waals surface area (Å²) in [5.74, 6) is 0. The molecule has 0 amide bonds. The Balaban J connectivity index is 1.60. The fourth-order valence-electron chi connectivity index (χ4n) is 5.45. The van der Waals surface area contributed by atoms with Crippen molar-refractivity contribution in [2.45, 2.75) is 0 Å². The molecule has 0 unspecified atom stereocenters. The van der Waals surface area contributed by atoms with E-state index < -0.39 is 54.4 Å². The van der Waals surface area contributed by atoms with Crippen LogP contribution in [0.2, 0.25) is 0 Å². The monoisotopic (exact) mass is 507 g/mol. The van der Waals surface area contributed by atoms with Gasteiger partial charge in [-0.2, -0.15) is 0 Å². The van der Waals surface area contributed by atoms with Crippen LogP contribution in [0.15, 0.2) is 150 Å². The summed E-state index contributed by atoms with van der Waals surface area (Å²) in [6.07, 6.45) is 0. The number of furan rings is 1. The van der Waals surface area contributed by atoms with Gasteiger partial charge < -0.3 is 4.42 Å². The Morgan fingerprint density at radius 1 is 0.436 bits per heavy atom.